The van der Waals surface area contributed by atoms with E-state index in [2.05, 4.69) is 10.4 Å². The molecule has 0 unspecified atom stereocenters. The molecule has 0 aliphatic heterocycles. The van der Waals surface area contributed by atoms with E-state index in [1.807, 2.05) is 0 Å². The van der Waals surface area contributed by atoms with E-state index in [0.29, 0.717) is 25.0 Å². The van der Waals surface area contributed by atoms with Gasteiger partial charge in [0.25, 0.3) is 0 Å². The van der Waals surface area contributed by atoms with Crippen LogP contribution in [-0.2, 0) is 19.0 Å². The quantitative estimate of drug-likeness (QED) is 0.643. The number of fused-ring (bicyclic) bond motifs is 1. The fourth-order valence-corrected chi connectivity index (χ4v) is 3.04. The number of hydrogen-bond donors (Lipinski definition) is 1. The molecule has 0 amide bonds. The van der Waals surface area contributed by atoms with Crippen molar-refractivity contribution in [3.05, 3.63) is 52.7 Å². The highest BCUT2D eigenvalue weighted by Gasteiger charge is 2.39. The second kappa shape index (κ2) is 7.12. The van der Waals surface area contributed by atoms with Gasteiger partial charge in [0.05, 0.1) is 0 Å². The summed E-state index contributed by atoms with van der Waals surface area (Å²) in [5.74, 6) is -0.770. The Morgan fingerprint density at radius 3 is 2.52 bits per heavy atom. The first-order chi connectivity index (χ1) is 12.8. The maximum absolute atomic E-state index is 14.6. The van der Waals surface area contributed by atoms with Crippen molar-refractivity contribution in [3.63, 3.8) is 0 Å². The van der Waals surface area contributed by atoms with E-state index in [4.69, 9.17) is 10.5 Å². The maximum atomic E-state index is 14.6. The van der Waals surface area contributed by atoms with Crippen molar-refractivity contribution in [1.29, 1.82) is 10.5 Å². The minimum Gasteiger partial charge on any atom is -0.360 e. The third kappa shape index (κ3) is 3.63. The van der Waals surface area contributed by atoms with Gasteiger partial charge < -0.3 is 5.32 Å². The number of benzene rings is 1. The molecule has 138 valence electrons. The molecule has 0 radical (unpaired) electrons. The van der Waals surface area contributed by atoms with E-state index in [-0.39, 0.29) is 28.9 Å². The Morgan fingerprint density at radius 1 is 1.19 bits per heavy atom. The van der Waals surface area contributed by atoms with Crippen LogP contribution in [0.3, 0.4) is 0 Å². The van der Waals surface area contributed by atoms with Crippen LogP contribution in [0.15, 0.2) is 30.0 Å². The number of hydrogen-bond acceptors (Lipinski definition) is 4. The normalized spacial score (nSPS) is 13.3. The Kier molecular flexibility index (Phi) is 4.87. The van der Waals surface area contributed by atoms with Crippen molar-refractivity contribution in [2.24, 2.45) is 0 Å². The van der Waals surface area contributed by atoms with Crippen molar-refractivity contribution < 1.29 is 17.6 Å². The minimum atomic E-state index is -4.60. The van der Waals surface area contributed by atoms with Crippen molar-refractivity contribution in [3.8, 4) is 17.8 Å². The zero-order chi connectivity index (χ0) is 19.6. The van der Waals surface area contributed by atoms with Gasteiger partial charge in [0, 0.05) is 23.1 Å². The molecule has 9 heteroatoms. The molecule has 2 aromatic rings. The summed E-state index contributed by atoms with van der Waals surface area (Å²) < 4.78 is 55.4. The predicted octanol–water partition coefficient (Wildman–Crippen LogP) is 4.25. The summed E-state index contributed by atoms with van der Waals surface area (Å²) in [5.41, 5.74) is -0.490. The molecule has 0 saturated carbocycles. The maximum Gasteiger partial charge on any atom is 0.435 e. The predicted molar refractivity (Wildman–Crippen MR) is 88.1 cm³/mol. The molecule has 1 aromatic carbocycles. The van der Waals surface area contributed by atoms with E-state index in [1.165, 1.54) is 12.1 Å². The van der Waals surface area contributed by atoms with E-state index in [1.54, 1.807) is 12.1 Å². The minimum absolute atomic E-state index is 0.0843. The first-order valence-corrected chi connectivity index (χ1v) is 8.10. The lowest BCUT2D eigenvalue weighted by Gasteiger charge is -2.15. The number of rotatable bonds is 3. The molecule has 0 bridgehead atoms. The summed E-state index contributed by atoms with van der Waals surface area (Å²) in [5, 5.41) is 23.6. The van der Waals surface area contributed by atoms with Gasteiger partial charge in [0.2, 0.25) is 0 Å². The zero-order valence-electron chi connectivity index (χ0n) is 13.9. The smallest absolute Gasteiger partial charge is 0.360 e. The van der Waals surface area contributed by atoms with E-state index >= 15 is 0 Å². The Morgan fingerprint density at radius 2 is 1.89 bits per heavy atom. The van der Waals surface area contributed by atoms with Crippen LogP contribution in [0.25, 0.3) is 5.69 Å². The first kappa shape index (κ1) is 18.5. The molecule has 0 saturated heterocycles. The second-order valence-corrected chi connectivity index (χ2v) is 5.98. The molecule has 27 heavy (non-hydrogen) atoms. The van der Waals surface area contributed by atoms with Gasteiger partial charge in [0.1, 0.15) is 23.4 Å². The average molecular weight is 375 g/mol. The number of anilines is 1. The van der Waals surface area contributed by atoms with Crippen molar-refractivity contribution >= 4 is 5.69 Å². The van der Waals surface area contributed by atoms with Crippen LogP contribution in [0, 0.1) is 28.5 Å². The second-order valence-electron chi connectivity index (χ2n) is 5.98. The molecule has 1 aliphatic rings. The zero-order valence-corrected chi connectivity index (χ0v) is 13.9. The monoisotopic (exact) mass is 375 g/mol. The number of allylic oxidation sites excluding steroid dienone is 1. The van der Waals surface area contributed by atoms with Crippen LogP contribution in [0.5, 0.6) is 0 Å². The van der Waals surface area contributed by atoms with Gasteiger partial charge in [-0.1, -0.05) is 0 Å². The highest BCUT2D eigenvalue weighted by molar-refractivity contribution is 5.54. The molecule has 1 aliphatic carbocycles. The molecular weight excluding hydrogens is 362 g/mol. The fourth-order valence-electron chi connectivity index (χ4n) is 3.04. The summed E-state index contributed by atoms with van der Waals surface area (Å²) in [6.07, 6.45) is -1.46. The third-order valence-corrected chi connectivity index (χ3v) is 4.25. The molecule has 3 rings (SSSR count). The summed E-state index contributed by atoms with van der Waals surface area (Å²) in [4.78, 5) is 0. The van der Waals surface area contributed by atoms with Gasteiger partial charge in [0.15, 0.2) is 11.5 Å². The molecule has 0 spiro atoms. The lowest BCUT2D eigenvalue weighted by Crippen LogP contribution is -2.11. The molecule has 5 nitrogen and oxygen atoms in total. The van der Waals surface area contributed by atoms with Crippen LogP contribution in [-0.4, -0.2) is 9.78 Å². The van der Waals surface area contributed by atoms with Gasteiger partial charge >= 0.3 is 6.18 Å². The summed E-state index contributed by atoms with van der Waals surface area (Å²) in [6, 6.07) is 7.12. The molecule has 1 aromatic heterocycles. The molecule has 0 fully saturated rings. The lowest BCUT2D eigenvalue weighted by molar-refractivity contribution is -0.142. The molecule has 0 atom stereocenters. The van der Waals surface area contributed by atoms with Crippen molar-refractivity contribution in [1.82, 2.24) is 9.78 Å². The van der Waals surface area contributed by atoms with E-state index < -0.39 is 17.7 Å². The SMILES string of the molecule is N#CC(C#N)=CNc1ccc(-n2nc(C(F)(F)F)c3c2CCCC3)c(F)c1. The number of nitrogens with zero attached hydrogens (tertiary/aromatic N) is 4. The number of halogens is 4. The Balaban J connectivity index is 2.01. The summed E-state index contributed by atoms with van der Waals surface area (Å²) in [6.45, 7) is 0. The largest absolute Gasteiger partial charge is 0.435 e. The van der Waals surface area contributed by atoms with Crippen LogP contribution < -0.4 is 5.32 Å². The summed E-state index contributed by atoms with van der Waals surface area (Å²) in [7, 11) is 0. The average Bonchev–Trinajstić information content (AvgIpc) is 3.02. The highest BCUT2D eigenvalue weighted by Crippen LogP contribution is 2.37. The number of nitrogens with one attached hydrogen (secondary N) is 1. The van der Waals surface area contributed by atoms with Crippen LogP contribution in [0.2, 0.25) is 0 Å². The van der Waals surface area contributed by atoms with E-state index in [0.717, 1.165) is 16.9 Å². The van der Waals surface area contributed by atoms with Gasteiger partial charge in [-0.2, -0.15) is 28.8 Å². The highest BCUT2D eigenvalue weighted by atomic mass is 19.4. The Labute approximate surface area is 152 Å². The van der Waals surface area contributed by atoms with Crippen LogP contribution >= 0.6 is 0 Å². The molecule has 1 N–H and O–H groups in total. The number of aromatic nitrogens is 2. The van der Waals surface area contributed by atoms with Gasteiger partial charge in [-0.05, 0) is 43.9 Å². The van der Waals surface area contributed by atoms with Crippen LogP contribution in [0.4, 0.5) is 23.2 Å². The lowest BCUT2D eigenvalue weighted by atomic mass is 9.95. The third-order valence-electron chi connectivity index (χ3n) is 4.25. The first-order valence-electron chi connectivity index (χ1n) is 8.10. The van der Waals surface area contributed by atoms with Crippen LogP contribution in [0.1, 0.15) is 29.8 Å². The van der Waals surface area contributed by atoms with Gasteiger partial charge in [-0.25, -0.2) is 9.07 Å². The van der Waals surface area contributed by atoms with Gasteiger partial charge in [-0.15, -0.1) is 0 Å². The van der Waals surface area contributed by atoms with Crippen molar-refractivity contribution in [2.45, 2.75) is 31.9 Å². The Hall–Kier alpha value is -3.33. The standard InChI is InChI=1S/C18H13F4N5/c19-14-7-12(25-10-11(8-23)9-24)5-6-16(14)27-15-4-2-1-3-13(15)17(26-27)18(20,21)22/h5-7,10,25H,1-4H2. The molecule has 1 heterocycles. The Bertz CT molecular complexity index is 973. The summed E-state index contributed by atoms with van der Waals surface area (Å²) >= 11 is 0. The van der Waals surface area contributed by atoms with E-state index in [9.17, 15) is 17.6 Å². The van der Waals surface area contributed by atoms with Gasteiger partial charge in [-0.3, -0.25) is 0 Å². The number of alkyl halides is 3. The number of nitriles is 2. The molecular formula is C18H13F4N5. The van der Waals surface area contributed by atoms with Crippen molar-refractivity contribution in [2.75, 3.05) is 5.32 Å². The fraction of sp³-hybridized carbons (Fsp3) is 0.278. The topological polar surface area (TPSA) is 77.4 Å².